The summed E-state index contributed by atoms with van der Waals surface area (Å²) in [6.07, 6.45) is 0. The summed E-state index contributed by atoms with van der Waals surface area (Å²) in [6.45, 7) is 8.55. The van der Waals surface area contributed by atoms with Gasteiger partial charge in [-0.25, -0.2) is 0 Å². The first-order valence-corrected chi connectivity index (χ1v) is 7.78. The van der Waals surface area contributed by atoms with Gasteiger partial charge in [-0.15, -0.1) is 11.3 Å². The molecule has 2 aromatic rings. The first-order chi connectivity index (χ1) is 10.2. The van der Waals surface area contributed by atoms with Crippen molar-refractivity contribution in [3.63, 3.8) is 0 Å². The van der Waals surface area contributed by atoms with Gasteiger partial charge in [0.05, 0.1) is 4.88 Å². The lowest BCUT2D eigenvalue weighted by atomic mass is 10.4. The van der Waals surface area contributed by atoms with E-state index in [1.165, 1.54) is 11.3 Å². The summed E-state index contributed by atoms with van der Waals surface area (Å²) in [6, 6.07) is 5.80. The Kier molecular flexibility index (Phi) is 5.06. The van der Waals surface area contributed by atoms with Crippen molar-refractivity contribution in [1.82, 2.24) is 15.0 Å². The van der Waals surface area contributed by atoms with E-state index in [1.54, 1.807) is 6.07 Å². The minimum Gasteiger partial charge on any atom is -0.354 e. The van der Waals surface area contributed by atoms with Crippen molar-refractivity contribution in [2.24, 2.45) is 0 Å². The molecule has 0 atom stereocenters. The molecule has 110 valence electrons. The summed E-state index contributed by atoms with van der Waals surface area (Å²) < 4.78 is 0. The molecule has 6 nitrogen and oxygen atoms in total. The van der Waals surface area contributed by atoms with Crippen molar-refractivity contribution in [2.45, 2.75) is 20.8 Å². The molecule has 0 aromatic carbocycles. The minimum atomic E-state index is 0.566. The van der Waals surface area contributed by atoms with E-state index < -0.39 is 0 Å². The number of nitriles is 1. The molecule has 1 N–H and O–H groups in total. The molecule has 0 spiro atoms. The third-order valence-electron chi connectivity index (χ3n) is 2.94. The lowest BCUT2D eigenvalue weighted by Crippen LogP contribution is -2.25. The predicted molar refractivity (Wildman–Crippen MR) is 85.6 cm³/mol. The highest BCUT2D eigenvalue weighted by Gasteiger charge is 2.13. The molecule has 0 unspecified atom stereocenters. The molecule has 0 radical (unpaired) electrons. The molecule has 0 saturated carbocycles. The van der Waals surface area contributed by atoms with E-state index in [0.717, 1.165) is 24.5 Å². The smallest absolute Gasteiger partial charge is 0.230 e. The second-order valence-electron chi connectivity index (χ2n) is 4.26. The van der Waals surface area contributed by atoms with E-state index in [9.17, 15) is 0 Å². The van der Waals surface area contributed by atoms with Crippen LogP contribution in [0.15, 0.2) is 12.1 Å². The summed E-state index contributed by atoms with van der Waals surface area (Å²) in [5, 5.41) is 12.1. The summed E-state index contributed by atoms with van der Waals surface area (Å²) >= 11 is 1.39. The quantitative estimate of drug-likeness (QED) is 0.884. The van der Waals surface area contributed by atoms with E-state index in [4.69, 9.17) is 5.26 Å². The molecular formula is C14H18N6S. The van der Waals surface area contributed by atoms with Gasteiger partial charge in [-0.05, 0) is 32.9 Å². The number of anilines is 2. The van der Waals surface area contributed by atoms with Gasteiger partial charge in [-0.3, -0.25) is 0 Å². The molecule has 0 saturated heterocycles. The zero-order chi connectivity index (χ0) is 15.2. The Balaban J connectivity index is 2.46. The highest BCUT2D eigenvalue weighted by Crippen LogP contribution is 2.26. The van der Waals surface area contributed by atoms with Gasteiger partial charge in [0.1, 0.15) is 10.9 Å². The number of rotatable bonds is 6. The van der Waals surface area contributed by atoms with Crippen LogP contribution in [0, 0.1) is 11.3 Å². The summed E-state index contributed by atoms with van der Waals surface area (Å²) in [7, 11) is 0. The second-order valence-corrected chi connectivity index (χ2v) is 5.34. The van der Waals surface area contributed by atoms with E-state index >= 15 is 0 Å². The van der Waals surface area contributed by atoms with Crippen LogP contribution in [0.2, 0.25) is 0 Å². The Morgan fingerprint density at radius 1 is 1.19 bits per heavy atom. The van der Waals surface area contributed by atoms with Gasteiger partial charge in [-0.2, -0.15) is 20.2 Å². The van der Waals surface area contributed by atoms with E-state index in [1.807, 2.05) is 13.0 Å². The number of hydrogen-bond donors (Lipinski definition) is 1. The van der Waals surface area contributed by atoms with Crippen LogP contribution in [-0.4, -0.2) is 34.6 Å². The van der Waals surface area contributed by atoms with Crippen molar-refractivity contribution in [2.75, 3.05) is 29.9 Å². The fraction of sp³-hybridized carbons (Fsp3) is 0.429. The highest BCUT2D eigenvalue weighted by molar-refractivity contribution is 7.15. The Labute approximate surface area is 128 Å². The Morgan fingerprint density at radius 2 is 1.95 bits per heavy atom. The number of aromatic nitrogens is 3. The van der Waals surface area contributed by atoms with Gasteiger partial charge in [0.2, 0.25) is 11.9 Å². The number of nitrogens with one attached hydrogen (secondary N) is 1. The van der Waals surface area contributed by atoms with Gasteiger partial charge < -0.3 is 10.2 Å². The summed E-state index contributed by atoms with van der Waals surface area (Å²) in [5.74, 6) is 1.83. The van der Waals surface area contributed by atoms with Gasteiger partial charge >= 0.3 is 0 Å². The zero-order valence-corrected chi connectivity index (χ0v) is 13.2. The van der Waals surface area contributed by atoms with Crippen LogP contribution in [0.25, 0.3) is 10.7 Å². The largest absolute Gasteiger partial charge is 0.354 e. The highest BCUT2D eigenvalue weighted by atomic mass is 32.1. The first kappa shape index (κ1) is 15.2. The average molecular weight is 302 g/mol. The fourth-order valence-electron chi connectivity index (χ4n) is 1.88. The van der Waals surface area contributed by atoms with Crippen LogP contribution < -0.4 is 10.2 Å². The van der Waals surface area contributed by atoms with Crippen molar-refractivity contribution < 1.29 is 0 Å². The molecule has 0 aliphatic rings. The van der Waals surface area contributed by atoms with Gasteiger partial charge in [0.15, 0.2) is 5.82 Å². The van der Waals surface area contributed by atoms with Gasteiger partial charge in [0, 0.05) is 19.6 Å². The Morgan fingerprint density at radius 3 is 2.52 bits per heavy atom. The van der Waals surface area contributed by atoms with E-state index in [2.05, 4.69) is 45.1 Å². The van der Waals surface area contributed by atoms with Crippen LogP contribution in [0.3, 0.4) is 0 Å². The monoisotopic (exact) mass is 302 g/mol. The molecule has 2 rings (SSSR count). The van der Waals surface area contributed by atoms with Crippen LogP contribution in [-0.2, 0) is 0 Å². The van der Waals surface area contributed by atoms with Crippen LogP contribution in [0.4, 0.5) is 11.9 Å². The molecule has 21 heavy (non-hydrogen) atoms. The maximum Gasteiger partial charge on any atom is 0.230 e. The SMILES string of the molecule is CCNc1nc(-c2ccc(C#N)s2)nc(N(CC)CC)n1. The zero-order valence-electron chi connectivity index (χ0n) is 12.4. The third kappa shape index (κ3) is 3.47. The molecule has 2 aromatic heterocycles. The number of nitrogens with zero attached hydrogens (tertiary/aromatic N) is 5. The molecule has 0 aliphatic carbocycles. The Hall–Kier alpha value is -2.20. The fourth-order valence-corrected chi connectivity index (χ4v) is 2.62. The molecular weight excluding hydrogens is 284 g/mol. The molecule has 2 heterocycles. The van der Waals surface area contributed by atoms with Crippen LogP contribution >= 0.6 is 11.3 Å². The van der Waals surface area contributed by atoms with E-state index in [0.29, 0.717) is 22.6 Å². The lowest BCUT2D eigenvalue weighted by molar-refractivity contribution is 0.814. The topological polar surface area (TPSA) is 77.7 Å². The van der Waals surface area contributed by atoms with Crippen molar-refractivity contribution in [3.8, 4) is 16.8 Å². The Bertz CT molecular complexity index is 641. The standard InChI is InChI=1S/C14H18N6S/c1-4-16-13-17-12(11-8-7-10(9-15)21-11)18-14(19-13)20(5-2)6-3/h7-8H,4-6H2,1-3H3,(H,16,17,18,19). The summed E-state index contributed by atoms with van der Waals surface area (Å²) in [5.41, 5.74) is 0. The lowest BCUT2D eigenvalue weighted by Gasteiger charge is -2.19. The van der Waals surface area contributed by atoms with Crippen molar-refractivity contribution in [1.29, 1.82) is 5.26 Å². The molecule has 0 bridgehead atoms. The predicted octanol–water partition coefficient (Wildman–Crippen LogP) is 2.75. The van der Waals surface area contributed by atoms with Crippen LogP contribution in [0.5, 0.6) is 0 Å². The summed E-state index contributed by atoms with van der Waals surface area (Å²) in [4.78, 5) is 17.0. The van der Waals surface area contributed by atoms with Gasteiger partial charge in [-0.1, -0.05) is 0 Å². The molecule has 0 aliphatic heterocycles. The van der Waals surface area contributed by atoms with Crippen molar-refractivity contribution in [3.05, 3.63) is 17.0 Å². The van der Waals surface area contributed by atoms with Crippen LogP contribution in [0.1, 0.15) is 25.6 Å². The normalized spacial score (nSPS) is 10.2. The second kappa shape index (κ2) is 6.99. The first-order valence-electron chi connectivity index (χ1n) is 6.97. The van der Waals surface area contributed by atoms with E-state index in [-0.39, 0.29) is 0 Å². The maximum atomic E-state index is 8.94. The molecule has 0 fully saturated rings. The average Bonchev–Trinajstić information content (AvgIpc) is 2.98. The minimum absolute atomic E-state index is 0.566. The molecule has 7 heteroatoms. The maximum absolute atomic E-state index is 8.94. The van der Waals surface area contributed by atoms with Gasteiger partial charge in [0.25, 0.3) is 0 Å². The molecule has 0 amide bonds. The number of hydrogen-bond acceptors (Lipinski definition) is 7. The van der Waals surface area contributed by atoms with Crippen molar-refractivity contribution >= 4 is 23.2 Å². The number of thiophene rings is 1. The third-order valence-corrected chi connectivity index (χ3v) is 3.93.